The lowest BCUT2D eigenvalue weighted by Gasteiger charge is -2.09. The Morgan fingerprint density at radius 2 is 1.96 bits per heavy atom. The fourth-order valence-corrected chi connectivity index (χ4v) is 2.24. The van der Waals surface area contributed by atoms with Gasteiger partial charge in [-0.15, -0.1) is 0 Å². The number of aryl methyl sites for hydroxylation is 2. The first-order valence-corrected chi connectivity index (χ1v) is 7.41. The molecule has 0 aliphatic carbocycles. The van der Waals surface area contributed by atoms with Gasteiger partial charge < -0.3 is 10.3 Å². The average Bonchev–Trinajstić information content (AvgIpc) is 2.51. The van der Waals surface area contributed by atoms with Crippen LogP contribution in [-0.2, 0) is 12.6 Å². The first-order chi connectivity index (χ1) is 11.3. The summed E-state index contributed by atoms with van der Waals surface area (Å²) in [6.07, 6.45) is -3.50. The Kier molecular flexibility index (Phi) is 5.43. The van der Waals surface area contributed by atoms with Crippen LogP contribution in [-0.4, -0.2) is 17.4 Å². The Hall–Kier alpha value is -2.57. The van der Waals surface area contributed by atoms with Gasteiger partial charge in [-0.05, 0) is 43.5 Å². The van der Waals surface area contributed by atoms with Crippen LogP contribution in [0.2, 0.25) is 0 Å². The molecule has 24 heavy (non-hydrogen) atoms. The molecule has 1 aromatic heterocycles. The summed E-state index contributed by atoms with van der Waals surface area (Å²) >= 11 is 0. The number of rotatable bonds is 5. The first-order valence-electron chi connectivity index (χ1n) is 7.41. The minimum absolute atomic E-state index is 0.0136. The van der Waals surface area contributed by atoms with Gasteiger partial charge in [-0.3, -0.25) is 9.59 Å². The first kappa shape index (κ1) is 17.8. The number of carbonyl (C=O) groups excluding carboxylic acids is 1. The fraction of sp³-hybridized carbons (Fsp3) is 0.294. The topological polar surface area (TPSA) is 62.0 Å². The summed E-state index contributed by atoms with van der Waals surface area (Å²) in [6, 6.07) is 8.17. The third-order valence-electron chi connectivity index (χ3n) is 3.48. The van der Waals surface area contributed by atoms with Crippen molar-refractivity contribution >= 4 is 5.91 Å². The predicted molar refractivity (Wildman–Crippen MR) is 83.9 cm³/mol. The van der Waals surface area contributed by atoms with Gasteiger partial charge in [0.25, 0.3) is 11.5 Å². The third-order valence-corrected chi connectivity index (χ3v) is 3.48. The van der Waals surface area contributed by atoms with Crippen molar-refractivity contribution in [3.8, 4) is 0 Å². The molecular formula is C17H17F3N2O2. The zero-order chi connectivity index (χ0) is 17.7. The van der Waals surface area contributed by atoms with Crippen LogP contribution in [0.5, 0.6) is 0 Å². The van der Waals surface area contributed by atoms with Gasteiger partial charge in [0.15, 0.2) is 0 Å². The summed E-state index contributed by atoms with van der Waals surface area (Å²) in [6.45, 7) is 1.97. The maximum absolute atomic E-state index is 12.6. The zero-order valence-electron chi connectivity index (χ0n) is 13.0. The molecule has 1 heterocycles. The normalized spacial score (nSPS) is 11.3. The van der Waals surface area contributed by atoms with Crippen LogP contribution >= 0.6 is 0 Å². The number of pyridine rings is 1. The molecule has 4 nitrogen and oxygen atoms in total. The molecule has 0 spiro atoms. The van der Waals surface area contributed by atoms with Crippen LogP contribution in [0.4, 0.5) is 13.2 Å². The average molecular weight is 338 g/mol. The van der Waals surface area contributed by atoms with Crippen LogP contribution in [0.1, 0.15) is 33.6 Å². The number of amides is 1. The van der Waals surface area contributed by atoms with Crippen molar-refractivity contribution in [3.05, 3.63) is 69.1 Å². The molecular weight excluding hydrogens is 321 g/mol. The Labute approximate surface area is 136 Å². The largest absolute Gasteiger partial charge is 0.416 e. The van der Waals surface area contributed by atoms with E-state index in [0.717, 1.165) is 12.1 Å². The second kappa shape index (κ2) is 7.33. The van der Waals surface area contributed by atoms with Crippen molar-refractivity contribution < 1.29 is 18.0 Å². The standard InChI is InChI=1S/C17H17F3N2O2/c1-11-7-8-14(16(24)22-11)15(23)21-9-3-5-12-4-2-6-13(10-12)17(18,19)20/h2,4,6-8,10H,3,5,9H2,1H3,(H,21,23)(H,22,24). The molecule has 0 aliphatic heterocycles. The van der Waals surface area contributed by atoms with Crippen LogP contribution in [0.25, 0.3) is 0 Å². The molecule has 0 saturated carbocycles. The molecule has 0 unspecified atom stereocenters. The number of halogens is 3. The van der Waals surface area contributed by atoms with Crippen LogP contribution < -0.4 is 10.9 Å². The van der Waals surface area contributed by atoms with E-state index >= 15 is 0 Å². The summed E-state index contributed by atoms with van der Waals surface area (Å²) in [5.74, 6) is -0.500. The number of aromatic amines is 1. The van der Waals surface area contributed by atoms with Gasteiger partial charge in [-0.25, -0.2) is 0 Å². The third kappa shape index (κ3) is 4.71. The summed E-state index contributed by atoms with van der Waals surface area (Å²) in [5.41, 5.74) is 0.0635. The van der Waals surface area contributed by atoms with E-state index in [1.807, 2.05) is 0 Å². The highest BCUT2D eigenvalue weighted by molar-refractivity contribution is 5.93. The number of hydrogen-bond donors (Lipinski definition) is 2. The molecule has 0 saturated heterocycles. The molecule has 2 aromatic rings. The summed E-state index contributed by atoms with van der Waals surface area (Å²) < 4.78 is 37.9. The molecule has 7 heteroatoms. The minimum atomic E-state index is -4.36. The van der Waals surface area contributed by atoms with Gasteiger partial charge in [-0.2, -0.15) is 13.2 Å². The van der Waals surface area contributed by atoms with Gasteiger partial charge in [-0.1, -0.05) is 18.2 Å². The lowest BCUT2D eigenvalue weighted by molar-refractivity contribution is -0.137. The second-order valence-corrected chi connectivity index (χ2v) is 5.44. The van der Waals surface area contributed by atoms with Gasteiger partial charge in [0.2, 0.25) is 0 Å². The number of benzene rings is 1. The van der Waals surface area contributed by atoms with E-state index in [-0.39, 0.29) is 12.1 Å². The molecule has 1 amide bonds. The highest BCUT2D eigenvalue weighted by Crippen LogP contribution is 2.29. The summed E-state index contributed by atoms with van der Waals surface area (Å²) in [7, 11) is 0. The van der Waals surface area contributed by atoms with E-state index < -0.39 is 23.2 Å². The van der Waals surface area contributed by atoms with Crippen LogP contribution in [0.15, 0.2) is 41.2 Å². The molecule has 0 fully saturated rings. The number of hydrogen-bond acceptors (Lipinski definition) is 2. The van der Waals surface area contributed by atoms with Crippen molar-refractivity contribution in [3.63, 3.8) is 0 Å². The molecule has 0 bridgehead atoms. The van der Waals surface area contributed by atoms with E-state index in [1.54, 1.807) is 19.1 Å². The Bertz CT molecular complexity index is 782. The Morgan fingerprint density at radius 3 is 2.62 bits per heavy atom. The van der Waals surface area contributed by atoms with E-state index in [1.165, 1.54) is 12.1 Å². The lowest BCUT2D eigenvalue weighted by atomic mass is 10.1. The number of nitrogens with one attached hydrogen (secondary N) is 2. The second-order valence-electron chi connectivity index (χ2n) is 5.44. The summed E-state index contributed by atoms with van der Waals surface area (Å²) in [4.78, 5) is 26.1. The predicted octanol–water partition coefficient (Wildman–Crippen LogP) is 3.06. The molecule has 1 aromatic carbocycles. The van der Waals surface area contributed by atoms with Gasteiger partial charge in [0.05, 0.1) is 5.56 Å². The maximum atomic E-state index is 12.6. The smallest absolute Gasteiger partial charge is 0.352 e. The highest BCUT2D eigenvalue weighted by Gasteiger charge is 2.30. The van der Waals surface area contributed by atoms with Crippen molar-refractivity contribution in [2.75, 3.05) is 6.54 Å². The number of H-pyrrole nitrogens is 1. The quantitative estimate of drug-likeness (QED) is 0.823. The van der Waals surface area contributed by atoms with Crippen molar-refractivity contribution in [2.45, 2.75) is 25.9 Å². The molecule has 0 atom stereocenters. The van der Waals surface area contributed by atoms with E-state index in [4.69, 9.17) is 0 Å². The van der Waals surface area contributed by atoms with E-state index in [9.17, 15) is 22.8 Å². The molecule has 0 radical (unpaired) electrons. The molecule has 2 rings (SSSR count). The monoisotopic (exact) mass is 338 g/mol. The zero-order valence-corrected chi connectivity index (χ0v) is 13.0. The molecule has 2 N–H and O–H groups in total. The maximum Gasteiger partial charge on any atom is 0.416 e. The molecule has 0 aliphatic rings. The van der Waals surface area contributed by atoms with E-state index in [0.29, 0.717) is 24.1 Å². The number of carbonyl (C=O) groups is 1. The minimum Gasteiger partial charge on any atom is -0.352 e. The Balaban J connectivity index is 1.87. The lowest BCUT2D eigenvalue weighted by Crippen LogP contribution is -2.30. The Morgan fingerprint density at radius 1 is 1.21 bits per heavy atom. The number of alkyl halides is 3. The van der Waals surface area contributed by atoms with Crippen molar-refractivity contribution in [1.82, 2.24) is 10.3 Å². The van der Waals surface area contributed by atoms with Crippen LogP contribution in [0.3, 0.4) is 0 Å². The van der Waals surface area contributed by atoms with Gasteiger partial charge in [0.1, 0.15) is 5.56 Å². The van der Waals surface area contributed by atoms with Gasteiger partial charge >= 0.3 is 6.18 Å². The van der Waals surface area contributed by atoms with Crippen molar-refractivity contribution in [2.24, 2.45) is 0 Å². The van der Waals surface area contributed by atoms with Crippen LogP contribution in [0, 0.1) is 6.92 Å². The SMILES string of the molecule is Cc1ccc(C(=O)NCCCc2cccc(C(F)(F)F)c2)c(=O)[nH]1. The van der Waals surface area contributed by atoms with Crippen molar-refractivity contribution in [1.29, 1.82) is 0 Å². The van der Waals surface area contributed by atoms with E-state index in [2.05, 4.69) is 10.3 Å². The number of aromatic nitrogens is 1. The van der Waals surface area contributed by atoms with Gasteiger partial charge in [0, 0.05) is 12.2 Å². The molecule has 128 valence electrons. The fourth-order valence-electron chi connectivity index (χ4n) is 2.24. The summed E-state index contributed by atoms with van der Waals surface area (Å²) in [5, 5.41) is 2.59. The highest BCUT2D eigenvalue weighted by atomic mass is 19.4.